The summed E-state index contributed by atoms with van der Waals surface area (Å²) in [6.07, 6.45) is 1.10. The van der Waals surface area contributed by atoms with Crippen LogP contribution in [0, 0.1) is 5.92 Å². The lowest BCUT2D eigenvalue weighted by molar-refractivity contribution is -0.151. The number of likely N-dealkylation sites (tertiary alicyclic amines) is 1. The van der Waals surface area contributed by atoms with Gasteiger partial charge in [-0.15, -0.1) is 0 Å². The van der Waals surface area contributed by atoms with Crippen LogP contribution in [0.4, 0.5) is 0 Å². The monoisotopic (exact) mass is 417 g/mol. The van der Waals surface area contributed by atoms with Crippen molar-refractivity contribution in [1.29, 1.82) is 0 Å². The standard InChI is InChI=1S/C21H27N3O6/c1-4-29-20(27)15-9-11-23(12-10-15)18(25)13-22(3)19(26)14(2)24-16-7-5-6-8-17(16)30-21(24)28/h5-8,14-15H,4,9-13H2,1-3H3. The molecular formula is C21H27N3O6. The highest BCUT2D eigenvalue weighted by Gasteiger charge is 2.30. The molecule has 1 aliphatic heterocycles. The SMILES string of the molecule is CCOC(=O)C1CCN(C(=O)CN(C)C(=O)C(C)n2c(=O)oc3ccccc32)CC1. The van der Waals surface area contributed by atoms with E-state index in [1.165, 1.54) is 16.5 Å². The van der Waals surface area contributed by atoms with Gasteiger partial charge in [0.15, 0.2) is 5.58 Å². The van der Waals surface area contributed by atoms with Gasteiger partial charge >= 0.3 is 11.7 Å². The van der Waals surface area contributed by atoms with Gasteiger partial charge in [0, 0.05) is 20.1 Å². The van der Waals surface area contributed by atoms with Gasteiger partial charge in [-0.25, -0.2) is 4.79 Å². The predicted molar refractivity (Wildman–Crippen MR) is 109 cm³/mol. The van der Waals surface area contributed by atoms with E-state index in [0.29, 0.717) is 43.6 Å². The lowest BCUT2D eigenvalue weighted by Gasteiger charge is -2.32. The molecule has 1 aromatic heterocycles. The van der Waals surface area contributed by atoms with Crippen molar-refractivity contribution in [1.82, 2.24) is 14.4 Å². The number of carbonyl (C=O) groups excluding carboxylic acids is 3. The summed E-state index contributed by atoms with van der Waals surface area (Å²) >= 11 is 0. The molecule has 1 aromatic carbocycles. The van der Waals surface area contributed by atoms with Crippen molar-refractivity contribution in [3.63, 3.8) is 0 Å². The Morgan fingerprint density at radius 1 is 1.23 bits per heavy atom. The maximum atomic E-state index is 12.9. The fraction of sp³-hybridized carbons (Fsp3) is 0.524. The first kappa shape index (κ1) is 21.6. The van der Waals surface area contributed by atoms with Crippen molar-refractivity contribution in [2.24, 2.45) is 5.92 Å². The molecular weight excluding hydrogens is 390 g/mol. The lowest BCUT2D eigenvalue weighted by Crippen LogP contribution is -2.47. The largest absolute Gasteiger partial charge is 0.466 e. The van der Waals surface area contributed by atoms with Crippen LogP contribution in [0.5, 0.6) is 0 Å². The molecule has 0 saturated carbocycles. The van der Waals surface area contributed by atoms with Gasteiger partial charge in [0.1, 0.15) is 6.04 Å². The normalized spacial score (nSPS) is 15.8. The summed E-state index contributed by atoms with van der Waals surface area (Å²) in [6.45, 7) is 4.52. The first-order valence-electron chi connectivity index (χ1n) is 10.1. The van der Waals surface area contributed by atoms with Gasteiger partial charge in [-0.2, -0.15) is 0 Å². The summed E-state index contributed by atoms with van der Waals surface area (Å²) in [5.41, 5.74) is 0.939. The van der Waals surface area contributed by atoms with Crippen LogP contribution in [0.25, 0.3) is 11.1 Å². The number of hydrogen-bond acceptors (Lipinski definition) is 6. The molecule has 2 heterocycles. The number of likely N-dealkylation sites (N-methyl/N-ethyl adjacent to an activating group) is 1. The summed E-state index contributed by atoms with van der Waals surface area (Å²) in [5.74, 6) is -1.57. The summed E-state index contributed by atoms with van der Waals surface area (Å²) < 4.78 is 11.5. The van der Waals surface area contributed by atoms with Gasteiger partial charge in [-0.05, 0) is 38.8 Å². The summed E-state index contributed by atoms with van der Waals surface area (Å²) in [4.78, 5) is 52.5. The van der Waals surface area contributed by atoms with Gasteiger partial charge in [-0.1, -0.05) is 12.1 Å². The molecule has 0 bridgehead atoms. The highest BCUT2D eigenvalue weighted by molar-refractivity contribution is 5.87. The molecule has 0 aliphatic carbocycles. The lowest BCUT2D eigenvalue weighted by atomic mass is 9.97. The van der Waals surface area contributed by atoms with Crippen LogP contribution in [-0.4, -0.2) is 65.4 Å². The second kappa shape index (κ2) is 9.15. The van der Waals surface area contributed by atoms with Gasteiger partial charge in [-0.3, -0.25) is 19.0 Å². The van der Waals surface area contributed by atoms with E-state index in [9.17, 15) is 19.2 Å². The van der Waals surface area contributed by atoms with E-state index in [1.54, 1.807) is 43.0 Å². The molecule has 9 heteroatoms. The van der Waals surface area contributed by atoms with Gasteiger partial charge in [0.05, 0.1) is 24.6 Å². The molecule has 0 N–H and O–H groups in total. The Morgan fingerprint density at radius 3 is 2.57 bits per heavy atom. The Labute approximate surface area is 174 Å². The molecule has 0 radical (unpaired) electrons. The Balaban J connectivity index is 1.60. The number of hydrogen-bond donors (Lipinski definition) is 0. The van der Waals surface area contributed by atoms with Crippen LogP contribution in [0.1, 0.15) is 32.7 Å². The highest BCUT2D eigenvalue weighted by Crippen LogP contribution is 2.20. The Morgan fingerprint density at radius 2 is 1.90 bits per heavy atom. The van der Waals surface area contributed by atoms with Crippen LogP contribution in [0.2, 0.25) is 0 Å². The topological polar surface area (TPSA) is 102 Å². The third-order valence-corrected chi connectivity index (χ3v) is 5.48. The van der Waals surface area contributed by atoms with Crippen molar-refractivity contribution >= 4 is 28.9 Å². The second-order valence-electron chi connectivity index (χ2n) is 7.48. The molecule has 3 rings (SSSR count). The Kier molecular flexibility index (Phi) is 6.59. The minimum Gasteiger partial charge on any atom is -0.466 e. The fourth-order valence-electron chi connectivity index (χ4n) is 3.79. The van der Waals surface area contributed by atoms with Crippen LogP contribution < -0.4 is 5.76 Å². The maximum absolute atomic E-state index is 12.9. The number of nitrogens with zero attached hydrogens (tertiary/aromatic N) is 3. The van der Waals surface area contributed by atoms with Crippen molar-refractivity contribution in [3.8, 4) is 0 Å². The van der Waals surface area contributed by atoms with Gasteiger partial charge < -0.3 is 19.0 Å². The zero-order chi connectivity index (χ0) is 21.8. The van der Waals surface area contributed by atoms with E-state index in [2.05, 4.69) is 0 Å². The highest BCUT2D eigenvalue weighted by atomic mass is 16.5. The Hall–Kier alpha value is -3.10. The number of rotatable bonds is 6. The molecule has 1 aliphatic rings. The summed E-state index contributed by atoms with van der Waals surface area (Å²) in [6, 6.07) is 6.07. The minimum absolute atomic E-state index is 0.0994. The third kappa shape index (κ3) is 4.39. The van der Waals surface area contributed by atoms with E-state index in [4.69, 9.17) is 9.15 Å². The quantitative estimate of drug-likeness (QED) is 0.659. The first-order chi connectivity index (χ1) is 14.3. The van der Waals surface area contributed by atoms with E-state index >= 15 is 0 Å². The zero-order valence-electron chi connectivity index (χ0n) is 17.5. The zero-order valence-corrected chi connectivity index (χ0v) is 17.5. The van der Waals surface area contributed by atoms with Crippen molar-refractivity contribution in [3.05, 3.63) is 34.8 Å². The van der Waals surface area contributed by atoms with Crippen LogP contribution >= 0.6 is 0 Å². The molecule has 1 atom stereocenters. The molecule has 30 heavy (non-hydrogen) atoms. The van der Waals surface area contributed by atoms with Gasteiger partial charge in [0.25, 0.3) is 0 Å². The number of oxazole rings is 1. The van der Waals surface area contributed by atoms with Crippen molar-refractivity contribution in [2.45, 2.75) is 32.7 Å². The average molecular weight is 417 g/mol. The molecule has 9 nitrogen and oxygen atoms in total. The summed E-state index contributed by atoms with van der Waals surface area (Å²) in [7, 11) is 1.54. The number of piperidine rings is 1. The number of esters is 1. The number of ether oxygens (including phenoxy) is 1. The van der Waals surface area contributed by atoms with E-state index < -0.39 is 11.8 Å². The van der Waals surface area contributed by atoms with E-state index in [1.807, 2.05) is 0 Å². The van der Waals surface area contributed by atoms with Crippen molar-refractivity contribution < 1.29 is 23.5 Å². The van der Waals surface area contributed by atoms with Crippen LogP contribution in [-0.2, 0) is 19.1 Å². The second-order valence-corrected chi connectivity index (χ2v) is 7.48. The van der Waals surface area contributed by atoms with E-state index in [0.717, 1.165) is 0 Å². The summed E-state index contributed by atoms with van der Waals surface area (Å²) in [5, 5.41) is 0. The van der Waals surface area contributed by atoms with Crippen molar-refractivity contribution in [2.75, 3.05) is 33.3 Å². The molecule has 1 fully saturated rings. The Bertz CT molecular complexity index is 986. The van der Waals surface area contributed by atoms with E-state index in [-0.39, 0.29) is 30.2 Å². The molecule has 2 aromatic rings. The average Bonchev–Trinajstić information content (AvgIpc) is 3.08. The molecule has 0 spiro atoms. The molecule has 1 saturated heterocycles. The predicted octanol–water partition coefficient (Wildman–Crippen LogP) is 1.42. The number of aromatic nitrogens is 1. The van der Waals surface area contributed by atoms with Crippen LogP contribution in [0.3, 0.4) is 0 Å². The van der Waals surface area contributed by atoms with Gasteiger partial charge in [0.2, 0.25) is 11.8 Å². The number of fused-ring (bicyclic) bond motifs is 1. The third-order valence-electron chi connectivity index (χ3n) is 5.48. The molecule has 2 amide bonds. The number of carbonyl (C=O) groups is 3. The smallest absolute Gasteiger partial charge is 0.420 e. The first-order valence-corrected chi connectivity index (χ1v) is 10.1. The molecule has 162 valence electrons. The number of para-hydroxylation sites is 2. The maximum Gasteiger partial charge on any atom is 0.420 e. The minimum atomic E-state index is -0.812. The molecule has 1 unspecified atom stereocenters. The van der Waals surface area contributed by atoms with Crippen LogP contribution in [0.15, 0.2) is 33.5 Å². The number of benzene rings is 1. The fourth-order valence-corrected chi connectivity index (χ4v) is 3.79. The number of amides is 2.